The molecule has 3 nitrogen and oxygen atoms in total. The minimum absolute atomic E-state index is 0.0580. The Bertz CT molecular complexity index is 376. The van der Waals surface area contributed by atoms with Crippen molar-refractivity contribution < 1.29 is 9.53 Å². The lowest BCUT2D eigenvalue weighted by atomic mass is 10.0. The molecule has 0 atom stereocenters. The number of hydrogen-bond acceptors (Lipinski definition) is 2. The number of carbonyl (C=O) groups excluding carboxylic acids is 1. The van der Waals surface area contributed by atoms with Crippen LogP contribution in [0.5, 0.6) is 5.75 Å². The summed E-state index contributed by atoms with van der Waals surface area (Å²) in [6.07, 6.45) is 0. The molecule has 0 aliphatic heterocycles. The van der Waals surface area contributed by atoms with Crippen molar-refractivity contribution in [1.82, 2.24) is 4.90 Å². The molecule has 0 unspecified atom stereocenters. The number of ether oxygens (including phenoxy) is 1. The predicted molar refractivity (Wildman–Crippen MR) is 69.5 cm³/mol. The fraction of sp³-hybridized carbons (Fsp3) is 0.500. The molecule has 3 heteroatoms. The second-order valence-corrected chi connectivity index (χ2v) is 4.95. The van der Waals surface area contributed by atoms with Gasteiger partial charge in [0.05, 0.1) is 7.11 Å². The van der Waals surface area contributed by atoms with Gasteiger partial charge in [0.15, 0.2) is 0 Å². The van der Waals surface area contributed by atoms with E-state index < -0.39 is 0 Å². The zero-order chi connectivity index (χ0) is 13.1. The maximum atomic E-state index is 12.3. The Morgan fingerprint density at radius 3 is 2.12 bits per heavy atom. The Morgan fingerprint density at radius 1 is 1.24 bits per heavy atom. The van der Waals surface area contributed by atoms with Crippen LogP contribution in [0.15, 0.2) is 24.3 Å². The number of benzene rings is 1. The molecule has 1 aromatic rings. The van der Waals surface area contributed by atoms with Gasteiger partial charge in [-0.3, -0.25) is 4.79 Å². The zero-order valence-electron chi connectivity index (χ0n) is 11.3. The third-order valence-corrected chi connectivity index (χ3v) is 2.71. The van der Waals surface area contributed by atoms with Crippen LogP contribution in [0.3, 0.4) is 0 Å². The van der Waals surface area contributed by atoms with Crippen molar-refractivity contribution in [3.05, 3.63) is 29.8 Å². The number of amides is 1. The standard InChI is InChI=1S/C14H21NO2/c1-6-15(14(2,3)4)13(16)11-7-9-12(17-5)10-8-11/h7-10H,6H2,1-5H3. The number of hydrogen-bond donors (Lipinski definition) is 0. The van der Waals surface area contributed by atoms with Crippen molar-refractivity contribution >= 4 is 5.91 Å². The predicted octanol–water partition coefficient (Wildman–Crippen LogP) is 2.96. The first-order valence-electron chi connectivity index (χ1n) is 5.86. The molecule has 1 amide bonds. The Morgan fingerprint density at radius 2 is 1.76 bits per heavy atom. The van der Waals surface area contributed by atoms with Gasteiger partial charge >= 0.3 is 0 Å². The Kier molecular flexibility index (Phi) is 4.16. The molecule has 0 N–H and O–H groups in total. The molecule has 0 fully saturated rings. The van der Waals surface area contributed by atoms with E-state index in [1.54, 1.807) is 19.2 Å². The first-order chi connectivity index (χ1) is 7.90. The average Bonchev–Trinajstić information content (AvgIpc) is 2.28. The van der Waals surface area contributed by atoms with Gasteiger partial charge < -0.3 is 9.64 Å². The number of carbonyl (C=O) groups is 1. The van der Waals surface area contributed by atoms with E-state index in [9.17, 15) is 4.79 Å². The van der Waals surface area contributed by atoms with Crippen LogP contribution in [-0.2, 0) is 0 Å². The van der Waals surface area contributed by atoms with Crippen LogP contribution in [0.4, 0.5) is 0 Å². The Balaban J connectivity index is 2.94. The van der Waals surface area contributed by atoms with Gasteiger partial charge in [-0.2, -0.15) is 0 Å². The third kappa shape index (κ3) is 3.22. The fourth-order valence-corrected chi connectivity index (χ4v) is 1.81. The topological polar surface area (TPSA) is 29.5 Å². The highest BCUT2D eigenvalue weighted by Gasteiger charge is 2.25. The molecular formula is C14H21NO2. The van der Waals surface area contributed by atoms with Gasteiger partial charge in [0.25, 0.3) is 5.91 Å². The van der Waals surface area contributed by atoms with E-state index in [1.807, 2.05) is 44.7 Å². The van der Waals surface area contributed by atoms with Crippen molar-refractivity contribution in [2.75, 3.05) is 13.7 Å². The molecule has 0 aromatic heterocycles. The highest BCUT2D eigenvalue weighted by molar-refractivity contribution is 5.94. The quantitative estimate of drug-likeness (QED) is 0.806. The van der Waals surface area contributed by atoms with Crippen molar-refractivity contribution in [3.63, 3.8) is 0 Å². The van der Waals surface area contributed by atoms with Crippen molar-refractivity contribution in [2.24, 2.45) is 0 Å². The highest BCUT2D eigenvalue weighted by Crippen LogP contribution is 2.18. The molecule has 0 radical (unpaired) electrons. The molecule has 1 rings (SSSR count). The fourth-order valence-electron chi connectivity index (χ4n) is 1.81. The van der Waals surface area contributed by atoms with E-state index in [0.29, 0.717) is 12.1 Å². The van der Waals surface area contributed by atoms with Gasteiger partial charge in [0, 0.05) is 17.6 Å². The zero-order valence-corrected chi connectivity index (χ0v) is 11.3. The van der Waals surface area contributed by atoms with Gasteiger partial charge in [-0.1, -0.05) is 0 Å². The van der Waals surface area contributed by atoms with Crippen LogP contribution < -0.4 is 4.74 Å². The van der Waals surface area contributed by atoms with Crippen molar-refractivity contribution in [2.45, 2.75) is 33.2 Å². The maximum absolute atomic E-state index is 12.3. The monoisotopic (exact) mass is 235 g/mol. The van der Waals surface area contributed by atoms with Gasteiger partial charge in [-0.05, 0) is 52.0 Å². The summed E-state index contributed by atoms with van der Waals surface area (Å²) in [6.45, 7) is 8.81. The van der Waals surface area contributed by atoms with Crippen LogP contribution >= 0.6 is 0 Å². The molecule has 0 bridgehead atoms. The van der Waals surface area contributed by atoms with Gasteiger partial charge in [-0.15, -0.1) is 0 Å². The lowest BCUT2D eigenvalue weighted by molar-refractivity contribution is 0.0599. The molecule has 0 aliphatic carbocycles. The van der Waals surface area contributed by atoms with Crippen LogP contribution in [0.2, 0.25) is 0 Å². The van der Waals surface area contributed by atoms with Crippen LogP contribution in [0.25, 0.3) is 0 Å². The van der Waals surface area contributed by atoms with E-state index >= 15 is 0 Å². The van der Waals surface area contributed by atoms with E-state index in [-0.39, 0.29) is 11.4 Å². The van der Waals surface area contributed by atoms with Gasteiger partial charge in [0.2, 0.25) is 0 Å². The number of methoxy groups -OCH3 is 1. The Labute approximate surface area is 103 Å². The van der Waals surface area contributed by atoms with Crippen LogP contribution in [0.1, 0.15) is 38.1 Å². The van der Waals surface area contributed by atoms with Gasteiger partial charge in [0.1, 0.15) is 5.75 Å². The van der Waals surface area contributed by atoms with E-state index in [2.05, 4.69) is 0 Å². The normalized spacial score (nSPS) is 11.1. The molecule has 0 spiro atoms. The second-order valence-electron chi connectivity index (χ2n) is 4.95. The number of nitrogens with zero attached hydrogens (tertiary/aromatic N) is 1. The minimum Gasteiger partial charge on any atom is -0.497 e. The Hall–Kier alpha value is -1.51. The summed E-state index contributed by atoms with van der Waals surface area (Å²) >= 11 is 0. The second kappa shape index (κ2) is 5.21. The summed E-state index contributed by atoms with van der Waals surface area (Å²) in [5.41, 5.74) is 0.536. The van der Waals surface area contributed by atoms with E-state index in [0.717, 1.165) is 5.75 Å². The average molecular weight is 235 g/mol. The van der Waals surface area contributed by atoms with E-state index in [1.165, 1.54) is 0 Å². The van der Waals surface area contributed by atoms with Crippen LogP contribution in [0, 0.1) is 0 Å². The highest BCUT2D eigenvalue weighted by atomic mass is 16.5. The smallest absolute Gasteiger partial charge is 0.254 e. The molecule has 94 valence electrons. The minimum atomic E-state index is -0.161. The summed E-state index contributed by atoms with van der Waals surface area (Å²) < 4.78 is 5.08. The molecule has 17 heavy (non-hydrogen) atoms. The SMILES string of the molecule is CCN(C(=O)c1ccc(OC)cc1)C(C)(C)C. The largest absolute Gasteiger partial charge is 0.497 e. The molecular weight excluding hydrogens is 214 g/mol. The maximum Gasteiger partial charge on any atom is 0.254 e. The molecule has 0 saturated carbocycles. The lowest BCUT2D eigenvalue weighted by Crippen LogP contribution is -2.45. The number of rotatable bonds is 3. The van der Waals surface area contributed by atoms with Crippen LogP contribution in [-0.4, -0.2) is 30.0 Å². The van der Waals surface area contributed by atoms with Gasteiger partial charge in [-0.25, -0.2) is 0 Å². The summed E-state index contributed by atoms with van der Waals surface area (Å²) in [5.74, 6) is 0.822. The molecule has 0 saturated heterocycles. The molecule has 1 aromatic carbocycles. The molecule has 0 heterocycles. The van der Waals surface area contributed by atoms with Crippen molar-refractivity contribution in [1.29, 1.82) is 0 Å². The first kappa shape index (κ1) is 13.6. The summed E-state index contributed by atoms with van der Waals surface area (Å²) in [4.78, 5) is 14.2. The van der Waals surface area contributed by atoms with Crippen molar-refractivity contribution in [3.8, 4) is 5.75 Å². The third-order valence-electron chi connectivity index (χ3n) is 2.71. The summed E-state index contributed by atoms with van der Waals surface area (Å²) in [6, 6.07) is 7.22. The summed E-state index contributed by atoms with van der Waals surface area (Å²) in [5, 5.41) is 0. The molecule has 0 aliphatic rings. The first-order valence-corrected chi connectivity index (χ1v) is 5.86. The lowest BCUT2D eigenvalue weighted by Gasteiger charge is -2.34. The van der Waals surface area contributed by atoms with E-state index in [4.69, 9.17) is 4.74 Å². The summed E-state index contributed by atoms with van der Waals surface area (Å²) in [7, 11) is 1.62.